The van der Waals surface area contributed by atoms with Gasteiger partial charge in [0.15, 0.2) is 5.96 Å². The van der Waals surface area contributed by atoms with Gasteiger partial charge in [-0.3, -0.25) is 0 Å². The molecule has 2 aromatic rings. The smallest absolute Gasteiger partial charge is 0.238 e. The van der Waals surface area contributed by atoms with Crippen LogP contribution in [0.3, 0.4) is 0 Å². The highest BCUT2D eigenvalue weighted by atomic mass is 35.5. The summed E-state index contributed by atoms with van der Waals surface area (Å²) >= 11 is 7.21. The van der Waals surface area contributed by atoms with E-state index in [1.54, 1.807) is 24.3 Å². The summed E-state index contributed by atoms with van der Waals surface area (Å²) in [4.78, 5) is 5.26. The van der Waals surface area contributed by atoms with E-state index in [0.717, 1.165) is 10.4 Å². The Morgan fingerprint density at radius 2 is 1.96 bits per heavy atom. The van der Waals surface area contributed by atoms with Crippen LogP contribution in [0, 0.1) is 0 Å². The molecule has 0 aliphatic rings. The summed E-state index contributed by atoms with van der Waals surface area (Å²) < 4.78 is 23.2. The highest BCUT2D eigenvalue weighted by molar-refractivity contribution is 7.89. The van der Waals surface area contributed by atoms with Crippen LogP contribution in [0.2, 0.25) is 4.34 Å². The SMILES string of the molecule is CCNC(=NCc1ccc(S(N)(=O)=O)cc1)NCC(O)c1ccc(Cl)s1. The molecule has 0 saturated carbocycles. The lowest BCUT2D eigenvalue weighted by molar-refractivity contribution is 0.184. The molecule has 10 heteroatoms. The highest BCUT2D eigenvalue weighted by Gasteiger charge is 2.11. The number of aliphatic hydroxyl groups excluding tert-OH is 1. The van der Waals surface area contributed by atoms with Gasteiger partial charge in [-0.15, -0.1) is 11.3 Å². The first kappa shape index (κ1) is 20.7. The van der Waals surface area contributed by atoms with Crippen molar-refractivity contribution in [3.05, 3.63) is 51.2 Å². The molecule has 5 N–H and O–H groups in total. The minimum Gasteiger partial charge on any atom is -0.386 e. The van der Waals surface area contributed by atoms with E-state index in [1.807, 2.05) is 6.92 Å². The topological polar surface area (TPSA) is 117 Å². The van der Waals surface area contributed by atoms with Gasteiger partial charge < -0.3 is 15.7 Å². The molecule has 2 rings (SSSR count). The molecule has 0 fully saturated rings. The number of nitrogens with two attached hydrogens (primary N) is 1. The highest BCUT2D eigenvalue weighted by Crippen LogP contribution is 2.26. The van der Waals surface area contributed by atoms with Gasteiger partial charge in [-0.1, -0.05) is 23.7 Å². The number of aliphatic hydroxyl groups is 1. The monoisotopic (exact) mass is 416 g/mol. The van der Waals surface area contributed by atoms with Crippen LogP contribution < -0.4 is 15.8 Å². The number of rotatable bonds is 7. The summed E-state index contributed by atoms with van der Waals surface area (Å²) in [7, 11) is -3.70. The second-order valence-electron chi connectivity index (χ2n) is 5.42. The van der Waals surface area contributed by atoms with E-state index in [9.17, 15) is 13.5 Å². The summed E-state index contributed by atoms with van der Waals surface area (Å²) in [5.74, 6) is 0.546. The van der Waals surface area contributed by atoms with Gasteiger partial charge in [-0.25, -0.2) is 18.5 Å². The number of halogens is 1. The third kappa shape index (κ3) is 6.26. The summed E-state index contributed by atoms with van der Waals surface area (Å²) in [5.41, 5.74) is 0.834. The first-order chi connectivity index (χ1) is 12.3. The molecule has 0 spiro atoms. The van der Waals surface area contributed by atoms with Gasteiger partial charge in [0.2, 0.25) is 10.0 Å². The number of sulfonamides is 1. The molecule has 0 saturated heterocycles. The third-order valence-electron chi connectivity index (χ3n) is 3.40. The average molecular weight is 417 g/mol. The van der Waals surface area contributed by atoms with Gasteiger partial charge in [0.05, 0.1) is 15.8 Å². The van der Waals surface area contributed by atoms with Gasteiger partial charge in [0.25, 0.3) is 0 Å². The molecule has 0 aliphatic heterocycles. The molecule has 0 aliphatic carbocycles. The molecular weight excluding hydrogens is 396 g/mol. The normalized spacial score (nSPS) is 13.5. The molecular formula is C16H21ClN4O3S2. The lowest BCUT2D eigenvalue weighted by atomic mass is 10.2. The fraction of sp³-hybridized carbons (Fsp3) is 0.312. The Labute approximate surface area is 162 Å². The Morgan fingerprint density at radius 1 is 1.27 bits per heavy atom. The summed E-state index contributed by atoms with van der Waals surface area (Å²) in [6.45, 7) is 3.23. The molecule has 0 amide bonds. The van der Waals surface area contributed by atoms with E-state index < -0.39 is 16.1 Å². The van der Waals surface area contributed by atoms with E-state index in [1.165, 1.54) is 23.5 Å². The summed E-state index contributed by atoms with van der Waals surface area (Å²) in [5, 5.41) is 21.4. The first-order valence-electron chi connectivity index (χ1n) is 7.87. The van der Waals surface area contributed by atoms with E-state index in [0.29, 0.717) is 23.4 Å². The molecule has 1 aromatic heterocycles. The Hall–Kier alpha value is -1.65. The van der Waals surface area contributed by atoms with Crippen molar-refractivity contribution < 1.29 is 13.5 Å². The van der Waals surface area contributed by atoms with E-state index in [-0.39, 0.29) is 11.4 Å². The van der Waals surface area contributed by atoms with Crippen molar-refractivity contribution in [2.45, 2.75) is 24.5 Å². The summed E-state index contributed by atoms with van der Waals surface area (Å²) in [6.07, 6.45) is -0.689. The number of thiophene rings is 1. The predicted octanol–water partition coefficient (Wildman–Crippen LogP) is 1.84. The number of nitrogens with zero attached hydrogens (tertiary/aromatic N) is 1. The fourth-order valence-corrected chi connectivity index (χ4v) is 3.66. The van der Waals surface area contributed by atoms with Crippen molar-refractivity contribution >= 4 is 38.9 Å². The van der Waals surface area contributed by atoms with Crippen LogP contribution in [0.15, 0.2) is 46.3 Å². The van der Waals surface area contributed by atoms with Crippen molar-refractivity contribution in [3.8, 4) is 0 Å². The maximum Gasteiger partial charge on any atom is 0.238 e. The van der Waals surface area contributed by atoms with Crippen molar-refractivity contribution in [1.82, 2.24) is 10.6 Å². The van der Waals surface area contributed by atoms with Crippen LogP contribution in [-0.2, 0) is 16.6 Å². The molecule has 0 bridgehead atoms. The van der Waals surface area contributed by atoms with Crippen LogP contribution in [0.5, 0.6) is 0 Å². The Balaban J connectivity index is 1.97. The zero-order valence-electron chi connectivity index (χ0n) is 14.1. The minimum absolute atomic E-state index is 0.0630. The van der Waals surface area contributed by atoms with Gasteiger partial charge in [-0.2, -0.15) is 0 Å². The number of primary sulfonamides is 1. The van der Waals surface area contributed by atoms with Gasteiger partial charge in [0.1, 0.15) is 6.10 Å². The van der Waals surface area contributed by atoms with Crippen molar-refractivity contribution in [3.63, 3.8) is 0 Å². The maximum atomic E-state index is 11.3. The lowest BCUT2D eigenvalue weighted by Gasteiger charge is -2.14. The minimum atomic E-state index is -3.70. The van der Waals surface area contributed by atoms with E-state index in [2.05, 4.69) is 15.6 Å². The van der Waals surface area contributed by atoms with Gasteiger partial charge in [0, 0.05) is 18.0 Å². The first-order valence-corrected chi connectivity index (χ1v) is 10.6. The second kappa shape index (κ2) is 9.33. The molecule has 142 valence electrons. The molecule has 1 atom stereocenters. The third-order valence-corrected chi connectivity index (χ3v) is 5.66. The molecule has 1 aromatic carbocycles. The molecule has 0 radical (unpaired) electrons. The number of benzene rings is 1. The zero-order chi connectivity index (χ0) is 19.2. The predicted molar refractivity (Wildman–Crippen MR) is 105 cm³/mol. The average Bonchev–Trinajstić information content (AvgIpc) is 3.03. The van der Waals surface area contributed by atoms with Crippen LogP contribution >= 0.6 is 22.9 Å². The molecule has 1 unspecified atom stereocenters. The Kier molecular flexibility index (Phi) is 7.42. The van der Waals surface area contributed by atoms with Gasteiger partial charge >= 0.3 is 0 Å². The number of aliphatic imine (C=N–C) groups is 1. The number of hydrogen-bond donors (Lipinski definition) is 4. The molecule has 7 nitrogen and oxygen atoms in total. The van der Waals surface area contributed by atoms with Crippen molar-refractivity contribution in [1.29, 1.82) is 0 Å². The number of guanidine groups is 1. The number of nitrogens with one attached hydrogen (secondary N) is 2. The molecule has 1 heterocycles. The quantitative estimate of drug-likeness (QED) is 0.406. The Bertz CT molecular complexity index is 851. The van der Waals surface area contributed by atoms with Crippen molar-refractivity contribution in [2.75, 3.05) is 13.1 Å². The molecule has 26 heavy (non-hydrogen) atoms. The van der Waals surface area contributed by atoms with Crippen LogP contribution in [-0.4, -0.2) is 32.6 Å². The van der Waals surface area contributed by atoms with E-state index in [4.69, 9.17) is 16.7 Å². The number of hydrogen-bond acceptors (Lipinski definition) is 5. The zero-order valence-corrected chi connectivity index (χ0v) is 16.5. The largest absolute Gasteiger partial charge is 0.386 e. The second-order valence-corrected chi connectivity index (χ2v) is 8.73. The van der Waals surface area contributed by atoms with E-state index >= 15 is 0 Å². The Morgan fingerprint density at radius 3 is 2.50 bits per heavy atom. The lowest BCUT2D eigenvalue weighted by Crippen LogP contribution is -2.39. The standard InChI is InChI=1S/C16H21ClN4O3S2/c1-2-19-16(21-10-13(22)14-7-8-15(17)25-14)20-9-11-3-5-12(6-4-11)26(18,23)24/h3-8,13,22H,2,9-10H2,1H3,(H2,18,23,24)(H2,19,20,21). The van der Waals surface area contributed by atoms with Crippen LogP contribution in [0.1, 0.15) is 23.5 Å². The summed E-state index contributed by atoms with van der Waals surface area (Å²) in [6, 6.07) is 9.76. The fourth-order valence-electron chi connectivity index (χ4n) is 2.10. The maximum absolute atomic E-state index is 11.3. The van der Waals surface area contributed by atoms with Crippen LogP contribution in [0.25, 0.3) is 0 Å². The van der Waals surface area contributed by atoms with Crippen LogP contribution in [0.4, 0.5) is 0 Å². The van der Waals surface area contributed by atoms with Gasteiger partial charge in [-0.05, 0) is 36.8 Å². The van der Waals surface area contributed by atoms with Crippen molar-refractivity contribution in [2.24, 2.45) is 10.1 Å².